The molecular weight excluding hydrogens is 701 g/mol. The van der Waals surface area contributed by atoms with Crippen LogP contribution in [0.4, 0.5) is 5.69 Å². The van der Waals surface area contributed by atoms with Crippen LogP contribution in [0.3, 0.4) is 0 Å². The van der Waals surface area contributed by atoms with Crippen molar-refractivity contribution in [2.24, 2.45) is 5.14 Å². The normalized spacial score (nSPS) is 16.0. The predicted octanol–water partition coefficient (Wildman–Crippen LogP) is 3.84. The van der Waals surface area contributed by atoms with E-state index in [2.05, 4.69) is 34.4 Å². The van der Waals surface area contributed by atoms with Gasteiger partial charge in [-0.25, -0.2) is 23.5 Å². The molecule has 2 aliphatic rings. The van der Waals surface area contributed by atoms with Crippen LogP contribution in [-0.4, -0.2) is 66.1 Å². The molecule has 1 atom stereocenters. The third-order valence-corrected chi connectivity index (χ3v) is 9.92. The number of rotatable bonds is 15. The SMILES string of the molecule is CC(C)(c1ccc(OCCCCNc2cccc3c2C(=O)N(C2CCC(=O)NC2=O)C3=O)cc1)c1ccc(OCc2ccnc(CS(N)(=O)=O)n2)cc1. The number of imide groups is 2. The van der Waals surface area contributed by atoms with E-state index < -0.39 is 45.4 Å². The highest BCUT2D eigenvalue weighted by Gasteiger charge is 2.45. The first-order valence-electron chi connectivity index (χ1n) is 17.2. The summed E-state index contributed by atoms with van der Waals surface area (Å²) >= 11 is 0. The number of hydrogen-bond acceptors (Lipinski definition) is 11. The summed E-state index contributed by atoms with van der Waals surface area (Å²) in [6, 6.07) is 21.4. The van der Waals surface area contributed by atoms with Crippen molar-refractivity contribution in [3.8, 4) is 11.5 Å². The third kappa shape index (κ3) is 8.69. The maximum atomic E-state index is 13.3. The summed E-state index contributed by atoms with van der Waals surface area (Å²) in [6.07, 6.45) is 3.13. The predicted molar refractivity (Wildman–Crippen MR) is 195 cm³/mol. The number of benzene rings is 3. The molecule has 1 fully saturated rings. The first kappa shape index (κ1) is 37.1. The van der Waals surface area contributed by atoms with E-state index in [0.29, 0.717) is 30.3 Å². The molecule has 1 saturated heterocycles. The maximum absolute atomic E-state index is 13.3. The number of aromatic nitrogens is 2. The molecule has 0 spiro atoms. The van der Waals surface area contributed by atoms with Crippen molar-refractivity contribution < 1.29 is 37.1 Å². The number of anilines is 1. The smallest absolute Gasteiger partial charge is 0.264 e. The van der Waals surface area contributed by atoms with Crippen LogP contribution in [0.1, 0.15) is 82.9 Å². The second kappa shape index (κ2) is 15.5. The highest BCUT2D eigenvalue weighted by atomic mass is 32.2. The number of primary sulfonamides is 1. The Balaban J connectivity index is 0.955. The Morgan fingerprint density at radius 2 is 1.58 bits per heavy atom. The molecule has 3 aromatic carbocycles. The van der Waals surface area contributed by atoms with Crippen molar-refractivity contribution in [1.82, 2.24) is 20.2 Å². The molecule has 4 amide bonds. The van der Waals surface area contributed by atoms with Crippen LogP contribution in [0, 0.1) is 0 Å². The zero-order valence-electron chi connectivity index (χ0n) is 29.3. The van der Waals surface area contributed by atoms with Crippen molar-refractivity contribution in [1.29, 1.82) is 0 Å². The summed E-state index contributed by atoms with van der Waals surface area (Å²) in [7, 11) is -3.74. The van der Waals surface area contributed by atoms with Gasteiger partial charge >= 0.3 is 0 Å². The number of carbonyl (C=O) groups excluding carboxylic acids is 4. The molecule has 0 aliphatic carbocycles. The molecule has 6 rings (SSSR count). The summed E-state index contributed by atoms with van der Waals surface area (Å²) in [6.45, 7) is 5.45. The van der Waals surface area contributed by atoms with E-state index in [4.69, 9.17) is 14.6 Å². The van der Waals surface area contributed by atoms with Gasteiger partial charge in [-0.05, 0) is 72.9 Å². The van der Waals surface area contributed by atoms with Crippen molar-refractivity contribution in [3.63, 3.8) is 0 Å². The third-order valence-electron chi connectivity index (χ3n) is 9.26. The van der Waals surface area contributed by atoms with E-state index in [0.717, 1.165) is 34.6 Å². The molecule has 15 heteroatoms. The number of ether oxygens (including phenoxy) is 2. The summed E-state index contributed by atoms with van der Waals surface area (Å²) in [5.41, 5.74) is 3.42. The molecule has 4 N–H and O–H groups in total. The summed E-state index contributed by atoms with van der Waals surface area (Å²) in [4.78, 5) is 59.4. The highest BCUT2D eigenvalue weighted by molar-refractivity contribution is 7.88. The number of carbonyl (C=O) groups is 4. The lowest BCUT2D eigenvalue weighted by Crippen LogP contribution is -2.54. The lowest BCUT2D eigenvalue weighted by atomic mass is 9.78. The van der Waals surface area contributed by atoms with Crippen molar-refractivity contribution in [3.05, 3.63) is 113 Å². The van der Waals surface area contributed by atoms with Crippen LogP contribution < -0.4 is 25.2 Å². The summed E-state index contributed by atoms with van der Waals surface area (Å²) in [5, 5.41) is 10.6. The molecule has 2 aliphatic heterocycles. The minimum Gasteiger partial charge on any atom is -0.494 e. The van der Waals surface area contributed by atoms with Gasteiger partial charge in [0.2, 0.25) is 21.8 Å². The average Bonchev–Trinajstić information content (AvgIpc) is 3.38. The number of nitrogens with two attached hydrogens (primary N) is 1. The van der Waals surface area contributed by atoms with Gasteiger partial charge in [0.15, 0.2) is 0 Å². The standard InChI is InChI=1S/C38H40N6O8S/c1-38(2,25-10-14-28(15-11-25)52-22-26-18-20-41-32(42-26)23-53(39,49)50)24-8-12-27(13-9-24)51-21-4-3-19-40-30-7-5-6-29-34(30)37(48)44(36(29)47)31-16-17-33(45)43-35(31)46/h5-15,18,20,31,40H,3-4,16-17,19,21-23H2,1-2H3,(H2,39,49,50)(H,43,45,46). The van der Waals surface area contributed by atoms with E-state index in [1.54, 1.807) is 24.3 Å². The summed E-state index contributed by atoms with van der Waals surface area (Å²) in [5.74, 6) is -1.07. The van der Waals surface area contributed by atoms with E-state index in [-0.39, 0.29) is 41.8 Å². The minimum absolute atomic E-state index is 0.0666. The number of nitrogens with zero attached hydrogens (tertiary/aromatic N) is 3. The molecular formula is C38H40N6O8S. The number of hydrogen-bond donors (Lipinski definition) is 3. The monoisotopic (exact) mass is 740 g/mol. The van der Waals surface area contributed by atoms with Crippen molar-refractivity contribution >= 4 is 39.3 Å². The summed E-state index contributed by atoms with van der Waals surface area (Å²) < 4.78 is 34.6. The minimum atomic E-state index is -3.74. The molecule has 3 heterocycles. The maximum Gasteiger partial charge on any atom is 0.264 e. The van der Waals surface area contributed by atoms with Crippen LogP contribution in [-0.2, 0) is 37.4 Å². The van der Waals surface area contributed by atoms with Crippen LogP contribution in [0.15, 0.2) is 79.0 Å². The molecule has 14 nitrogen and oxygen atoms in total. The highest BCUT2D eigenvalue weighted by Crippen LogP contribution is 2.34. The number of piperidine rings is 1. The van der Waals surface area contributed by atoms with Crippen LogP contribution in [0.5, 0.6) is 11.5 Å². The van der Waals surface area contributed by atoms with E-state index in [1.807, 2.05) is 48.5 Å². The zero-order valence-corrected chi connectivity index (χ0v) is 30.1. The fourth-order valence-electron chi connectivity index (χ4n) is 6.33. The van der Waals surface area contributed by atoms with Crippen molar-refractivity contribution in [2.45, 2.75) is 63.3 Å². The Morgan fingerprint density at radius 3 is 2.25 bits per heavy atom. The largest absolute Gasteiger partial charge is 0.494 e. The van der Waals surface area contributed by atoms with Gasteiger partial charge in [0.1, 0.15) is 35.7 Å². The van der Waals surface area contributed by atoms with E-state index in [1.165, 1.54) is 6.20 Å². The molecule has 0 bridgehead atoms. The van der Waals surface area contributed by atoms with Crippen LogP contribution in [0.25, 0.3) is 0 Å². The molecule has 4 aromatic rings. The van der Waals surface area contributed by atoms with Crippen LogP contribution >= 0.6 is 0 Å². The van der Waals surface area contributed by atoms with Gasteiger partial charge in [0, 0.05) is 30.3 Å². The van der Waals surface area contributed by atoms with Gasteiger partial charge in [-0.3, -0.25) is 29.4 Å². The fraction of sp³-hybridized carbons (Fsp3) is 0.316. The number of sulfonamides is 1. The first-order chi connectivity index (χ1) is 25.3. The topological polar surface area (TPSA) is 200 Å². The average molecular weight is 741 g/mol. The molecule has 0 radical (unpaired) electrons. The molecule has 1 aromatic heterocycles. The Kier molecular flexibility index (Phi) is 10.9. The molecule has 276 valence electrons. The quantitative estimate of drug-likeness (QED) is 0.118. The molecule has 0 saturated carbocycles. The zero-order chi connectivity index (χ0) is 37.8. The van der Waals surface area contributed by atoms with E-state index in [9.17, 15) is 27.6 Å². The number of unbranched alkanes of at least 4 members (excludes halogenated alkanes) is 1. The second-order valence-electron chi connectivity index (χ2n) is 13.4. The molecule has 53 heavy (non-hydrogen) atoms. The Bertz CT molecular complexity index is 2140. The van der Waals surface area contributed by atoms with Crippen LogP contribution in [0.2, 0.25) is 0 Å². The Labute approximate surface area is 307 Å². The number of nitrogens with one attached hydrogen (secondary N) is 2. The lowest BCUT2D eigenvalue weighted by molar-refractivity contribution is -0.136. The fourth-order valence-corrected chi connectivity index (χ4v) is 6.83. The van der Waals surface area contributed by atoms with Gasteiger partial charge in [-0.1, -0.05) is 44.2 Å². The number of amides is 4. The van der Waals surface area contributed by atoms with Gasteiger partial charge in [0.05, 0.1) is 23.4 Å². The van der Waals surface area contributed by atoms with E-state index >= 15 is 0 Å². The Morgan fingerprint density at radius 1 is 0.906 bits per heavy atom. The molecule has 1 unspecified atom stereocenters. The van der Waals surface area contributed by atoms with Gasteiger partial charge in [-0.15, -0.1) is 0 Å². The number of fused-ring (bicyclic) bond motifs is 1. The van der Waals surface area contributed by atoms with Gasteiger partial charge < -0.3 is 14.8 Å². The Hall–Kier alpha value is -5.67. The van der Waals surface area contributed by atoms with Crippen molar-refractivity contribution in [2.75, 3.05) is 18.5 Å². The second-order valence-corrected chi connectivity index (χ2v) is 15.0. The van der Waals surface area contributed by atoms with Gasteiger partial charge in [-0.2, -0.15) is 0 Å². The lowest BCUT2D eigenvalue weighted by Gasteiger charge is -2.27. The van der Waals surface area contributed by atoms with Gasteiger partial charge in [0.25, 0.3) is 11.8 Å². The first-order valence-corrected chi connectivity index (χ1v) is 18.9.